The summed E-state index contributed by atoms with van der Waals surface area (Å²) in [5.74, 6) is 1.40. The van der Waals surface area contributed by atoms with Crippen molar-refractivity contribution in [2.24, 2.45) is 0 Å². The predicted molar refractivity (Wildman–Crippen MR) is 96.5 cm³/mol. The van der Waals surface area contributed by atoms with E-state index in [1.165, 1.54) is 0 Å². The summed E-state index contributed by atoms with van der Waals surface area (Å²) < 4.78 is 7.35. The van der Waals surface area contributed by atoms with E-state index >= 15 is 0 Å². The van der Waals surface area contributed by atoms with Crippen molar-refractivity contribution in [1.82, 2.24) is 9.55 Å². The van der Waals surface area contributed by atoms with Gasteiger partial charge in [0.25, 0.3) is 0 Å². The van der Waals surface area contributed by atoms with E-state index in [9.17, 15) is 4.79 Å². The smallest absolute Gasteiger partial charge is 0.172 e. The van der Waals surface area contributed by atoms with Crippen LogP contribution < -0.4 is 4.74 Å². The Morgan fingerprint density at radius 3 is 2.92 bits per heavy atom. The summed E-state index contributed by atoms with van der Waals surface area (Å²) in [6.45, 7) is 0. The van der Waals surface area contributed by atoms with E-state index in [0.717, 1.165) is 28.4 Å². The summed E-state index contributed by atoms with van der Waals surface area (Å²) in [7, 11) is 1.62. The second-order valence-corrected chi connectivity index (χ2v) is 6.42. The molecule has 0 unspecified atom stereocenters. The summed E-state index contributed by atoms with van der Waals surface area (Å²) in [4.78, 5) is 15.4. The Labute approximate surface area is 149 Å². The number of carbonyl (C=O) groups excluding carboxylic acids is 1. The van der Waals surface area contributed by atoms with Crippen LogP contribution in [-0.4, -0.2) is 22.9 Å². The molecule has 2 aromatic carbocycles. The average molecular weight is 359 g/mol. The molecule has 0 fully saturated rings. The highest BCUT2D eigenvalue weighted by atomic mass is 35.5. The lowest BCUT2D eigenvalue weighted by molar-refractivity contribution is 0.112. The Morgan fingerprint density at radius 1 is 1.29 bits per heavy atom. The Morgan fingerprint density at radius 2 is 2.17 bits per heavy atom. The first-order valence-electron chi connectivity index (χ1n) is 7.25. The van der Waals surface area contributed by atoms with Crippen LogP contribution in [0.3, 0.4) is 0 Å². The first kappa shape index (κ1) is 16.6. The minimum Gasteiger partial charge on any atom is -0.496 e. The van der Waals surface area contributed by atoms with Crippen LogP contribution in [0.25, 0.3) is 5.69 Å². The van der Waals surface area contributed by atoms with Crippen molar-refractivity contribution in [3.8, 4) is 11.4 Å². The lowest BCUT2D eigenvalue weighted by Gasteiger charge is -2.10. The molecule has 0 atom stereocenters. The van der Waals surface area contributed by atoms with Crippen molar-refractivity contribution in [1.29, 1.82) is 0 Å². The van der Waals surface area contributed by atoms with Gasteiger partial charge in [-0.05, 0) is 36.4 Å². The van der Waals surface area contributed by atoms with Gasteiger partial charge in [0, 0.05) is 40.0 Å². The molecule has 0 spiro atoms. The third kappa shape index (κ3) is 3.63. The summed E-state index contributed by atoms with van der Waals surface area (Å²) >= 11 is 7.64. The van der Waals surface area contributed by atoms with Gasteiger partial charge in [0.2, 0.25) is 0 Å². The van der Waals surface area contributed by atoms with E-state index in [0.29, 0.717) is 16.3 Å². The van der Waals surface area contributed by atoms with E-state index in [4.69, 9.17) is 16.3 Å². The van der Waals surface area contributed by atoms with E-state index < -0.39 is 0 Å². The molecular weight excluding hydrogens is 344 g/mol. The fourth-order valence-electron chi connectivity index (χ4n) is 2.35. The van der Waals surface area contributed by atoms with Gasteiger partial charge < -0.3 is 4.74 Å². The number of thioether (sulfide) groups is 1. The maximum Gasteiger partial charge on any atom is 0.172 e. The number of methoxy groups -OCH3 is 1. The summed E-state index contributed by atoms with van der Waals surface area (Å²) in [6, 6.07) is 13.0. The lowest BCUT2D eigenvalue weighted by Crippen LogP contribution is -1.97. The molecule has 6 heteroatoms. The Bertz CT molecular complexity index is 864. The van der Waals surface area contributed by atoms with Crippen LogP contribution in [0.15, 0.2) is 60.0 Å². The predicted octanol–water partition coefficient (Wildman–Crippen LogP) is 4.64. The van der Waals surface area contributed by atoms with Crippen molar-refractivity contribution in [2.45, 2.75) is 10.9 Å². The summed E-state index contributed by atoms with van der Waals surface area (Å²) in [6.07, 6.45) is 4.48. The van der Waals surface area contributed by atoms with E-state index in [-0.39, 0.29) is 0 Å². The number of aldehydes is 1. The topological polar surface area (TPSA) is 44.1 Å². The highest BCUT2D eigenvalue weighted by Crippen LogP contribution is 2.29. The number of benzene rings is 2. The second-order valence-electron chi connectivity index (χ2n) is 5.04. The lowest BCUT2D eigenvalue weighted by atomic mass is 10.1. The van der Waals surface area contributed by atoms with Gasteiger partial charge in [0.1, 0.15) is 12.0 Å². The zero-order chi connectivity index (χ0) is 16.9. The van der Waals surface area contributed by atoms with Crippen molar-refractivity contribution in [3.63, 3.8) is 0 Å². The molecule has 122 valence electrons. The maximum atomic E-state index is 11.0. The van der Waals surface area contributed by atoms with Crippen molar-refractivity contribution < 1.29 is 9.53 Å². The largest absolute Gasteiger partial charge is 0.496 e. The number of hydrogen-bond donors (Lipinski definition) is 0. The van der Waals surface area contributed by atoms with E-state index in [1.807, 2.05) is 47.2 Å². The number of halogens is 1. The Kier molecular flexibility index (Phi) is 5.23. The number of ether oxygens (including phenoxy) is 1. The van der Waals surface area contributed by atoms with Gasteiger partial charge in [-0.15, -0.1) is 0 Å². The number of nitrogens with zero attached hydrogens (tertiary/aromatic N) is 2. The van der Waals surface area contributed by atoms with Crippen LogP contribution in [0.2, 0.25) is 5.02 Å². The van der Waals surface area contributed by atoms with Crippen LogP contribution in [0.4, 0.5) is 0 Å². The number of imidazole rings is 1. The molecule has 0 saturated heterocycles. The molecule has 24 heavy (non-hydrogen) atoms. The minimum atomic E-state index is 0.629. The van der Waals surface area contributed by atoms with Gasteiger partial charge in [-0.1, -0.05) is 29.4 Å². The first-order chi connectivity index (χ1) is 11.7. The van der Waals surface area contributed by atoms with Gasteiger partial charge in [-0.2, -0.15) is 0 Å². The molecule has 0 aliphatic heterocycles. The normalized spacial score (nSPS) is 10.6. The maximum absolute atomic E-state index is 11.0. The van der Waals surface area contributed by atoms with Gasteiger partial charge in [0.15, 0.2) is 5.16 Å². The molecule has 0 radical (unpaired) electrons. The molecule has 4 nitrogen and oxygen atoms in total. The molecule has 1 aromatic heterocycles. The van der Waals surface area contributed by atoms with Gasteiger partial charge in [0.05, 0.1) is 7.11 Å². The molecule has 0 amide bonds. The van der Waals surface area contributed by atoms with Gasteiger partial charge in [-0.3, -0.25) is 9.36 Å². The molecule has 3 aromatic rings. The van der Waals surface area contributed by atoms with Crippen LogP contribution in [0.1, 0.15) is 15.9 Å². The number of aromatic nitrogens is 2. The molecule has 0 aliphatic carbocycles. The van der Waals surface area contributed by atoms with Crippen LogP contribution in [-0.2, 0) is 5.75 Å². The first-order valence-corrected chi connectivity index (χ1v) is 8.62. The van der Waals surface area contributed by atoms with Gasteiger partial charge >= 0.3 is 0 Å². The minimum absolute atomic E-state index is 0.629. The average Bonchev–Trinajstić information content (AvgIpc) is 3.08. The zero-order valence-corrected chi connectivity index (χ0v) is 14.6. The van der Waals surface area contributed by atoms with Crippen molar-refractivity contribution in [2.75, 3.05) is 7.11 Å². The van der Waals surface area contributed by atoms with Crippen LogP contribution >= 0.6 is 23.4 Å². The summed E-state index contributed by atoms with van der Waals surface area (Å²) in [5.41, 5.74) is 2.54. The molecule has 0 N–H and O–H groups in total. The SMILES string of the molecule is COc1ccc(C=O)cc1CSc1nccn1-c1cccc(Cl)c1. The molecule has 0 saturated carbocycles. The monoisotopic (exact) mass is 358 g/mol. The third-order valence-electron chi connectivity index (χ3n) is 3.49. The third-order valence-corrected chi connectivity index (χ3v) is 4.74. The quantitative estimate of drug-likeness (QED) is 0.475. The zero-order valence-electron chi connectivity index (χ0n) is 13.0. The number of carbonyl (C=O) groups is 1. The molecule has 0 aliphatic rings. The Hall–Kier alpha value is -2.24. The molecule has 3 rings (SSSR count). The highest BCUT2D eigenvalue weighted by Gasteiger charge is 2.10. The van der Waals surface area contributed by atoms with Crippen LogP contribution in [0, 0.1) is 0 Å². The molecule has 0 bridgehead atoms. The van der Waals surface area contributed by atoms with E-state index in [1.54, 1.807) is 31.1 Å². The standard InChI is InChI=1S/C18H15ClN2O2S/c1-23-17-6-5-13(11-22)9-14(17)12-24-18-20-7-8-21(18)16-4-2-3-15(19)10-16/h2-11H,12H2,1H3. The molecular formula is C18H15ClN2O2S. The van der Waals surface area contributed by atoms with Crippen molar-refractivity contribution in [3.05, 3.63) is 71.0 Å². The van der Waals surface area contributed by atoms with Crippen molar-refractivity contribution >= 4 is 29.6 Å². The highest BCUT2D eigenvalue weighted by molar-refractivity contribution is 7.98. The summed E-state index contributed by atoms with van der Waals surface area (Å²) in [5, 5.41) is 1.52. The number of rotatable bonds is 6. The fourth-order valence-corrected chi connectivity index (χ4v) is 3.48. The van der Waals surface area contributed by atoms with Crippen LogP contribution in [0.5, 0.6) is 5.75 Å². The number of hydrogen-bond acceptors (Lipinski definition) is 4. The fraction of sp³-hybridized carbons (Fsp3) is 0.111. The molecule has 1 heterocycles. The second kappa shape index (κ2) is 7.55. The Balaban J connectivity index is 1.84. The van der Waals surface area contributed by atoms with Gasteiger partial charge in [-0.25, -0.2) is 4.98 Å². The van der Waals surface area contributed by atoms with E-state index in [2.05, 4.69) is 4.98 Å².